The van der Waals surface area contributed by atoms with E-state index in [0.717, 1.165) is 0 Å². The molecule has 0 spiro atoms. The van der Waals surface area contributed by atoms with E-state index in [1.807, 2.05) is 0 Å². The predicted molar refractivity (Wildman–Crippen MR) is 44.1 cm³/mol. The Balaban J connectivity index is 0.000000292. The molecule has 0 atom stereocenters. The van der Waals surface area contributed by atoms with Crippen molar-refractivity contribution in [3.63, 3.8) is 0 Å². The number of hydrogen-bond donors (Lipinski definition) is 1. The van der Waals surface area contributed by atoms with Gasteiger partial charge in [0.2, 0.25) is 0 Å². The second-order valence-corrected chi connectivity index (χ2v) is 5.06. The average Bonchev–Trinajstić information content (AvgIpc) is 2.08. The molecule has 0 radical (unpaired) electrons. The zero-order chi connectivity index (χ0) is 8.53. The van der Waals surface area contributed by atoms with Crippen molar-refractivity contribution in [2.75, 3.05) is 11.5 Å². The first-order valence-electron chi connectivity index (χ1n) is 3.71. The molecule has 64 valence electrons. The molecule has 0 amide bonds. The van der Waals surface area contributed by atoms with Gasteiger partial charge < -0.3 is 0 Å². The van der Waals surface area contributed by atoms with Crippen molar-refractivity contribution in [1.29, 1.82) is 0 Å². The summed E-state index contributed by atoms with van der Waals surface area (Å²) in [5.41, 5.74) is 0. The molecule has 0 aromatic rings. The van der Waals surface area contributed by atoms with Crippen molar-refractivity contribution in [2.45, 2.75) is 19.3 Å². The Morgan fingerprint density at radius 1 is 1.18 bits per heavy atom. The van der Waals surface area contributed by atoms with Gasteiger partial charge in [0, 0.05) is 0 Å². The van der Waals surface area contributed by atoms with Crippen molar-refractivity contribution in [3.05, 3.63) is 12.0 Å². The van der Waals surface area contributed by atoms with E-state index in [1.54, 1.807) is 0 Å². The van der Waals surface area contributed by atoms with E-state index in [1.165, 1.54) is 30.8 Å². The first kappa shape index (κ1) is 11.4. The molecule has 2 nitrogen and oxygen atoms in total. The molecule has 1 aliphatic rings. The molecule has 11 heavy (non-hydrogen) atoms. The van der Waals surface area contributed by atoms with Crippen LogP contribution in [-0.4, -0.2) is 11.5 Å². The van der Waals surface area contributed by atoms with Crippen LogP contribution < -0.4 is 0 Å². The second-order valence-electron chi connectivity index (χ2n) is 2.36. The van der Waals surface area contributed by atoms with Crippen LogP contribution in [0, 0.1) is 0 Å². The third-order valence-electron chi connectivity index (χ3n) is 1.65. The van der Waals surface area contributed by atoms with Gasteiger partial charge >= 0.3 is 25.7 Å². The van der Waals surface area contributed by atoms with Gasteiger partial charge in [0.25, 0.3) is 0 Å². The van der Waals surface area contributed by atoms with Crippen molar-refractivity contribution < 1.29 is 25.7 Å². The number of rotatable bonds is 1. The third kappa shape index (κ3) is 6.79. The summed E-state index contributed by atoms with van der Waals surface area (Å²) in [6.45, 7) is 3.81. The fourth-order valence-corrected chi connectivity index (χ4v) is 2.95. The standard InChI is InChI=1S/C7H14S.2O.Ti/c1-2-8-6-4-3-5-7-8;;;/h2,8H,1,3-7H2;;;. The fraction of sp³-hybridized carbons (Fsp3) is 0.714. The van der Waals surface area contributed by atoms with E-state index in [0.29, 0.717) is 10.9 Å². The summed E-state index contributed by atoms with van der Waals surface area (Å²) in [5.74, 6) is 2.91. The van der Waals surface area contributed by atoms with E-state index in [-0.39, 0.29) is 0 Å². The molecule has 1 heterocycles. The predicted octanol–water partition coefficient (Wildman–Crippen LogP) is 2.07. The Bertz CT molecular complexity index is 137. The zero-order valence-electron chi connectivity index (χ0n) is 6.58. The zero-order valence-corrected chi connectivity index (χ0v) is 9.04. The van der Waals surface area contributed by atoms with Crippen LogP contribution in [0.4, 0.5) is 0 Å². The number of thiol groups is 1. The molecular weight excluding hydrogens is 196 g/mol. The van der Waals surface area contributed by atoms with Gasteiger partial charge in [-0.15, -0.1) is 0 Å². The van der Waals surface area contributed by atoms with Gasteiger partial charge in [-0.25, -0.2) is 10.9 Å². The normalized spacial score (nSPS) is 19.1. The van der Waals surface area contributed by atoms with Gasteiger partial charge in [-0.05, 0) is 24.3 Å². The molecule has 0 aliphatic carbocycles. The molecular formula is C7H14O2STi. The van der Waals surface area contributed by atoms with Gasteiger partial charge in [0.05, 0.1) is 0 Å². The van der Waals surface area contributed by atoms with E-state index < -0.39 is 19.1 Å². The molecule has 1 fully saturated rings. The van der Waals surface area contributed by atoms with Crippen LogP contribution in [0.2, 0.25) is 0 Å². The summed E-state index contributed by atoms with van der Waals surface area (Å²) in [4.78, 5) is 0. The van der Waals surface area contributed by atoms with Crippen molar-refractivity contribution in [2.24, 2.45) is 0 Å². The van der Waals surface area contributed by atoms with Gasteiger partial charge in [-0.1, -0.05) is 18.4 Å². The summed E-state index contributed by atoms with van der Waals surface area (Å²) >= 11 is -2.00. The summed E-state index contributed by atoms with van der Waals surface area (Å²) in [5, 5.41) is 2.18. The molecule has 0 aromatic heterocycles. The monoisotopic (exact) mass is 210 g/mol. The molecule has 4 heteroatoms. The average molecular weight is 210 g/mol. The topological polar surface area (TPSA) is 34.1 Å². The molecule has 1 rings (SSSR count). The van der Waals surface area contributed by atoms with Crippen LogP contribution in [0.15, 0.2) is 12.0 Å². The summed E-state index contributed by atoms with van der Waals surface area (Å²) in [6, 6.07) is 0. The van der Waals surface area contributed by atoms with Crippen LogP contribution >= 0.6 is 10.9 Å². The Morgan fingerprint density at radius 3 is 1.91 bits per heavy atom. The fourth-order valence-electron chi connectivity index (χ4n) is 1.10. The molecule has 1 saturated heterocycles. The van der Waals surface area contributed by atoms with Crippen LogP contribution in [0.1, 0.15) is 19.3 Å². The van der Waals surface area contributed by atoms with Gasteiger partial charge in [-0.2, -0.15) is 0 Å². The van der Waals surface area contributed by atoms with Crippen LogP contribution in [0.5, 0.6) is 0 Å². The van der Waals surface area contributed by atoms with E-state index in [4.69, 9.17) is 6.65 Å². The first-order chi connectivity index (χ1) is 5.35. The Hall–Kier alpha value is 0.404. The second kappa shape index (κ2) is 8.50. The third-order valence-corrected chi connectivity index (χ3v) is 3.95. The quantitative estimate of drug-likeness (QED) is 0.531. The van der Waals surface area contributed by atoms with Crippen molar-refractivity contribution in [3.8, 4) is 0 Å². The summed E-state index contributed by atoms with van der Waals surface area (Å²) in [7, 11) is 0.294. The van der Waals surface area contributed by atoms with E-state index >= 15 is 0 Å². The Kier molecular flexibility index (Phi) is 8.81. The van der Waals surface area contributed by atoms with Gasteiger partial charge in [0.15, 0.2) is 0 Å². The minimum absolute atomic E-state index is 0.294. The van der Waals surface area contributed by atoms with Crippen LogP contribution in [0.3, 0.4) is 0 Å². The molecule has 1 aliphatic heterocycles. The van der Waals surface area contributed by atoms with Crippen molar-refractivity contribution >= 4 is 10.9 Å². The molecule has 0 bridgehead atoms. The summed E-state index contributed by atoms with van der Waals surface area (Å²) in [6.07, 6.45) is 4.38. The van der Waals surface area contributed by atoms with E-state index in [9.17, 15) is 0 Å². The van der Waals surface area contributed by atoms with Gasteiger partial charge in [-0.3, -0.25) is 0 Å². The Labute approximate surface area is 79.4 Å². The van der Waals surface area contributed by atoms with E-state index in [2.05, 4.69) is 12.0 Å². The maximum atomic E-state index is 8.50. The van der Waals surface area contributed by atoms with Crippen LogP contribution in [-0.2, 0) is 25.7 Å². The first-order valence-corrected chi connectivity index (χ1v) is 6.76. The van der Waals surface area contributed by atoms with Crippen LogP contribution in [0.25, 0.3) is 0 Å². The molecule has 0 N–H and O–H groups in total. The van der Waals surface area contributed by atoms with Gasteiger partial charge in [0.1, 0.15) is 0 Å². The number of hydrogen-bond acceptors (Lipinski definition) is 2. The SMILES string of the molecule is C=C[SH]1CCCCC1.[O]=[Ti]=[O]. The molecule has 0 aromatic carbocycles. The summed E-state index contributed by atoms with van der Waals surface area (Å²) < 4.78 is 17.0. The van der Waals surface area contributed by atoms with Crippen molar-refractivity contribution in [1.82, 2.24) is 0 Å². The Morgan fingerprint density at radius 2 is 1.64 bits per heavy atom. The minimum atomic E-state index is -2.00. The molecule has 0 saturated carbocycles. The molecule has 0 unspecified atom stereocenters. The maximum absolute atomic E-state index is 8.50.